The van der Waals surface area contributed by atoms with Gasteiger partial charge in [-0.25, -0.2) is 4.98 Å². The summed E-state index contributed by atoms with van der Waals surface area (Å²) in [6.45, 7) is 1.84. The molecule has 2 aromatic rings. The Morgan fingerprint density at radius 2 is 2.29 bits per heavy atom. The number of amides is 1. The number of nitrogens with zero attached hydrogens (tertiary/aromatic N) is 2. The van der Waals surface area contributed by atoms with Gasteiger partial charge in [-0.2, -0.15) is 0 Å². The molecule has 0 spiro atoms. The Balaban J connectivity index is 2.10. The van der Waals surface area contributed by atoms with Crippen LogP contribution in [-0.4, -0.2) is 15.8 Å². The summed E-state index contributed by atoms with van der Waals surface area (Å²) in [5, 5.41) is 15.7. The lowest BCUT2D eigenvalue weighted by Gasteiger charge is -2.06. The number of carbonyl (C=O) groups excluding carboxylic acids is 1. The highest BCUT2D eigenvalue weighted by Gasteiger charge is 2.14. The summed E-state index contributed by atoms with van der Waals surface area (Å²) in [5.41, 5.74) is 7.10. The maximum Gasteiger partial charge on any atom is 0.274 e. The third kappa shape index (κ3) is 3.76. The first-order valence-corrected chi connectivity index (χ1v) is 7.14. The fourth-order valence-electron chi connectivity index (χ4n) is 1.88. The minimum atomic E-state index is -0.449. The molecule has 2 rings (SSSR count). The van der Waals surface area contributed by atoms with Gasteiger partial charge in [-0.3, -0.25) is 14.9 Å². The standard InChI is InChI=1S/C13H14N4O3S/c1-2-8-3-4-9(5-11(8)17(19)20)15-12(18)6-10-7-21-13(14)16-10/h3-5,7H,2,6H2,1H3,(H2,14,16)(H,15,18). The lowest BCUT2D eigenvalue weighted by molar-refractivity contribution is -0.385. The lowest BCUT2D eigenvalue weighted by atomic mass is 10.1. The number of nitrogens with two attached hydrogens (primary N) is 1. The first-order chi connectivity index (χ1) is 9.99. The number of benzene rings is 1. The summed E-state index contributed by atoms with van der Waals surface area (Å²) < 4.78 is 0. The van der Waals surface area contributed by atoms with Gasteiger partial charge in [0.05, 0.1) is 17.0 Å². The van der Waals surface area contributed by atoms with Gasteiger partial charge in [-0.05, 0) is 12.5 Å². The number of nitrogen functional groups attached to an aromatic ring is 1. The molecular weight excluding hydrogens is 292 g/mol. The predicted molar refractivity (Wildman–Crippen MR) is 81.3 cm³/mol. The van der Waals surface area contributed by atoms with Crippen molar-refractivity contribution in [2.45, 2.75) is 19.8 Å². The zero-order chi connectivity index (χ0) is 15.4. The first-order valence-electron chi connectivity index (χ1n) is 6.26. The highest BCUT2D eigenvalue weighted by atomic mass is 32.1. The van der Waals surface area contributed by atoms with E-state index in [1.807, 2.05) is 6.92 Å². The van der Waals surface area contributed by atoms with Gasteiger partial charge in [0.1, 0.15) is 0 Å². The van der Waals surface area contributed by atoms with Crippen LogP contribution in [0, 0.1) is 10.1 Å². The molecule has 7 nitrogen and oxygen atoms in total. The molecule has 1 heterocycles. The number of aromatic nitrogens is 1. The number of carbonyl (C=O) groups is 1. The Kier molecular flexibility index (Phi) is 4.49. The maximum absolute atomic E-state index is 11.9. The van der Waals surface area contributed by atoms with E-state index < -0.39 is 4.92 Å². The molecule has 8 heteroatoms. The van der Waals surface area contributed by atoms with E-state index in [0.29, 0.717) is 28.5 Å². The molecule has 21 heavy (non-hydrogen) atoms. The number of hydrogen-bond acceptors (Lipinski definition) is 6. The zero-order valence-corrected chi connectivity index (χ0v) is 12.1. The molecule has 0 aliphatic rings. The molecule has 0 saturated heterocycles. The molecule has 1 amide bonds. The molecule has 0 bridgehead atoms. The molecule has 1 aromatic carbocycles. The second kappa shape index (κ2) is 6.31. The van der Waals surface area contributed by atoms with Gasteiger partial charge < -0.3 is 11.1 Å². The van der Waals surface area contributed by atoms with Crippen LogP contribution in [-0.2, 0) is 17.6 Å². The van der Waals surface area contributed by atoms with Gasteiger partial charge in [-0.15, -0.1) is 11.3 Å². The molecule has 0 aliphatic carbocycles. The molecule has 0 radical (unpaired) electrons. The summed E-state index contributed by atoms with van der Waals surface area (Å²) in [6, 6.07) is 4.67. The van der Waals surface area contributed by atoms with Gasteiger partial charge in [0, 0.05) is 22.7 Å². The molecule has 0 atom stereocenters. The number of nitrogens with one attached hydrogen (secondary N) is 1. The van der Waals surface area contributed by atoms with E-state index in [4.69, 9.17) is 5.73 Å². The highest BCUT2D eigenvalue weighted by molar-refractivity contribution is 7.13. The summed E-state index contributed by atoms with van der Waals surface area (Å²) >= 11 is 1.26. The van der Waals surface area contributed by atoms with Crippen molar-refractivity contribution >= 4 is 33.8 Å². The van der Waals surface area contributed by atoms with Gasteiger partial charge in [0.25, 0.3) is 5.69 Å². The van der Waals surface area contributed by atoms with Crippen LogP contribution in [0.1, 0.15) is 18.2 Å². The fourth-order valence-corrected chi connectivity index (χ4v) is 2.45. The Bertz CT molecular complexity index is 684. The molecule has 0 saturated carbocycles. The van der Waals surface area contributed by atoms with Crippen LogP contribution in [0.25, 0.3) is 0 Å². The molecular formula is C13H14N4O3S. The van der Waals surface area contributed by atoms with E-state index in [1.54, 1.807) is 17.5 Å². The molecule has 1 aromatic heterocycles. The minimum absolute atomic E-state index is 0.00760. The van der Waals surface area contributed by atoms with Gasteiger partial charge in [0.2, 0.25) is 5.91 Å². The van der Waals surface area contributed by atoms with Crippen molar-refractivity contribution in [3.63, 3.8) is 0 Å². The summed E-state index contributed by atoms with van der Waals surface area (Å²) in [7, 11) is 0. The number of nitro benzene ring substituents is 1. The van der Waals surface area contributed by atoms with Crippen molar-refractivity contribution in [2.75, 3.05) is 11.1 Å². The Labute approximate surface area is 125 Å². The molecule has 0 aliphatic heterocycles. The van der Waals surface area contributed by atoms with Crippen LogP contribution < -0.4 is 11.1 Å². The quantitative estimate of drug-likeness (QED) is 0.650. The second-order valence-electron chi connectivity index (χ2n) is 4.36. The molecule has 0 unspecified atom stereocenters. The largest absolute Gasteiger partial charge is 0.375 e. The zero-order valence-electron chi connectivity index (χ0n) is 11.3. The summed E-state index contributed by atoms with van der Waals surface area (Å²) in [5.74, 6) is -0.293. The van der Waals surface area contributed by atoms with Crippen molar-refractivity contribution < 1.29 is 9.72 Å². The van der Waals surface area contributed by atoms with Gasteiger partial charge in [-0.1, -0.05) is 13.0 Å². The lowest BCUT2D eigenvalue weighted by Crippen LogP contribution is -2.15. The van der Waals surface area contributed by atoms with Crippen molar-refractivity contribution in [1.82, 2.24) is 4.98 Å². The summed E-state index contributed by atoms with van der Waals surface area (Å²) in [4.78, 5) is 26.4. The third-order valence-corrected chi connectivity index (χ3v) is 3.58. The van der Waals surface area contributed by atoms with E-state index >= 15 is 0 Å². The van der Waals surface area contributed by atoms with Crippen LogP contribution >= 0.6 is 11.3 Å². The molecule has 3 N–H and O–H groups in total. The van der Waals surface area contributed by atoms with Crippen molar-refractivity contribution in [3.05, 3.63) is 45.0 Å². The van der Waals surface area contributed by atoms with Crippen LogP contribution in [0.15, 0.2) is 23.6 Å². The number of thiazole rings is 1. The van der Waals surface area contributed by atoms with E-state index in [2.05, 4.69) is 10.3 Å². The summed E-state index contributed by atoms with van der Waals surface area (Å²) in [6.07, 6.45) is 0.639. The average Bonchev–Trinajstić information content (AvgIpc) is 2.83. The van der Waals surface area contributed by atoms with E-state index in [-0.39, 0.29) is 18.0 Å². The number of nitro groups is 1. The second-order valence-corrected chi connectivity index (χ2v) is 5.25. The monoisotopic (exact) mass is 306 g/mol. The van der Waals surface area contributed by atoms with Crippen LogP contribution in [0.5, 0.6) is 0 Å². The Hall–Kier alpha value is -2.48. The van der Waals surface area contributed by atoms with Crippen molar-refractivity contribution in [3.8, 4) is 0 Å². The van der Waals surface area contributed by atoms with Gasteiger partial charge in [0.15, 0.2) is 5.13 Å². The van der Waals surface area contributed by atoms with Crippen molar-refractivity contribution in [2.24, 2.45) is 0 Å². The number of rotatable bonds is 5. The smallest absolute Gasteiger partial charge is 0.274 e. The van der Waals surface area contributed by atoms with E-state index in [0.717, 1.165) is 0 Å². The van der Waals surface area contributed by atoms with E-state index in [9.17, 15) is 14.9 Å². The number of anilines is 2. The van der Waals surface area contributed by atoms with Crippen LogP contribution in [0.4, 0.5) is 16.5 Å². The van der Waals surface area contributed by atoms with Crippen LogP contribution in [0.3, 0.4) is 0 Å². The third-order valence-electron chi connectivity index (χ3n) is 2.86. The van der Waals surface area contributed by atoms with Gasteiger partial charge >= 0.3 is 0 Å². The van der Waals surface area contributed by atoms with E-state index in [1.165, 1.54) is 17.4 Å². The molecule has 110 valence electrons. The maximum atomic E-state index is 11.9. The SMILES string of the molecule is CCc1ccc(NC(=O)Cc2csc(N)n2)cc1[N+](=O)[O-]. The Morgan fingerprint density at radius 1 is 1.52 bits per heavy atom. The number of aryl methyl sites for hydroxylation is 1. The topological polar surface area (TPSA) is 111 Å². The Morgan fingerprint density at radius 3 is 2.86 bits per heavy atom. The number of hydrogen-bond donors (Lipinski definition) is 2. The molecule has 0 fully saturated rings. The normalized spacial score (nSPS) is 10.3. The van der Waals surface area contributed by atoms with Crippen molar-refractivity contribution in [1.29, 1.82) is 0 Å². The predicted octanol–water partition coefficient (Wildman–Crippen LogP) is 2.38. The van der Waals surface area contributed by atoms with Crippen LogP contribution in [0.2, 0.25) is 0 Å². The first kappa shape index (κ1) is 14.9. The average molecular weight is 306 g/mol. The fraction of sp³-hybridized carbons (Fsp3) is 0.231. The highest BCUT2D eigenvalue weighted by Crippen LogP contribution is 2.23. The minimum Gasteiger partial charge on any atom is -0.375 e.